The average molecular weight is 326 g/mol. The molecule has 2 nitrogen and oxygen atoms in total. The Bertz CT molecular complexity index is 713. The van der Waals surface area contributed by atoms with E-state index in [1.165, 1.54) is 0 Å². The van der Waals surface area contributed by atoms with E-state index in [1.807, 2.05) is 42.5 Å². The molecular formula is C17H12BrNO. The summed E-state index contributed by atoms with van der Waals surface area (Å²) in [4.78, 5) is 4.04. The van der Waals surface area contributed by atoms with E-state index in [1.54, 1.807) is 12.4 Å². The minimum Gasteiger partial charge on any atom is -0.455 e. The predicted molar refractivity (Wildman–Crippen MR) is 83.9 cm³/mol. The van der Waals surface area contributed by atoms with Crippen molar-refractivity contribution in [2.45, 2.75) is 0 Å². The molecule has 0 aliphatic carbocycles. The topological polar surface area (TPSA) is 22.1 Å². The van der Waals surface area contributed by atoms with E-state index >= 15 is 0 Å². The first-order valence-electron chi connectivity index (χ1n) is 6.26. The zero-order valence-electron chi connectivity index (χ0n) is 10.7. The van der Waals surface area contributed by atoms with Crippen LogP contribution in [0, 0.1) is 0 Å². The Kier molecular flexibility index (Phi) is 3.79. The predicted octanol–water partition coefficient (Wildman–Crippen LogP) is 5.30. The number of hydrogen-bond donors (Lipinski definition) is 0. The third-order valence-electron chi connectivity index (χ3n) is 2.93. The maximum atomic E-state index is 6.01. The van der Waals surface area contributed by atoms with Crippen molar-refractivity contribution in [1.29, 1.82) is 0 Å². The van der Waals surface area contributed by atoms with Crippen LogP contribution in [0.3, 0.4) is 0 Å². The molecule has 0 aliphatic heterocycles. The quantitative estimate of drug-likeness (QED) is 0.651. The van der Waals surface area contributed by atoms with Crippen LogP contribution in [0.5, 0.6) is 11.5 Å². The van der Waals surface area contributed by atoms with Crippen LogP contribution in [-0.4, -0.2) is 4.98 Å². The number of halogens is 1. The molecule has 0 spiro atoms. The first kappa shape index (κ1) is 12.9. The number of ether oxygens (including phenoxy) is 1. The largest absolute Gasteiger partial charge is 0.455 e. The van der Waals surface area contributed by atoms with Gasteiger partial charge in [0.25, 0.3) is 0 Å². The van der Waals surface area contributed by atoms with Crippen LogP contribution in [0.25, 0.3) is 11.1 Å². The van der Waals surface area contributed by atoms with Gasteiger partial charge in [-0.1, -0.05) is 48.5 Å². The first-order chi connectivity index (χ1) is 9.84. The molecule has 0 radical (unpaired) electrons. The van der Waals surface area contributed by atoms with E-state index in [0.29, 0.717) is 0 Å². The lowest BCUT2D eigenvalue weighted by atomic mass is 10.1. The number of pyridine rings is 1. The summed E-state index contributed by atoms with van der Waals surface area (Å²) in [7, 11) is 0. The van der Waals surface area contributed by atoms with Crippen molar-refractivity contribution in [1.82, 2.24) is 4.98 Å². The van der Waals surface area contributed by atoms with Gasteiger partial charge in [-0.25, -0.2) is 0 Å². The van der Waals surface area contributed by atoms with Crippen LogP contribution in [0.4, 0.5) is 0 Å². The van der Waals surface area contributed by atoms with Gasteiger partial charge in [-0.15, -0.1) is 0 Å². The Balaban J connectivity index is 2.01. The lowest BCUT2D eigenvalue weighted by molar-refractivity contribution is 0.480. The fourth-order valence-electron chi connectivity index (χ4n) is 1.98. The van der Waals surface area contributed by atoms with Gasteiger partial charge < -0.3 is 4.74 Å². The third kappa shape index (κ3) is 2.73. The summed E-state index contributed by atoms with van der Waals surface area (Å²) < 4.78 is 6.84. The van der Waals surface area contributed by atoms with Gasteiger partial charge in [-0.2, -0.15) is 0 Å². The molecule has 0 saturated carbocycles. The van der Waals surface area contributed by atoms with Gasteiger partial charge in [0.2, 0.25) is 0 Å². The van der Waals surface area contributed by atoms with Crippen LogP contribution in [0.2, 0.25) is 0 Å². The lowest BCUT2D eigenvalue weighted by Gasteiger charge is -2.12. The summed E-state index contributed by atoms with van der Waals surface area (Å²) in [5.74, 6) is 1.58. The molecule has 0 aliphatic rings. The van der Waals surface area contributed by atoms with Crippen molar-refractivity contribution in [3.8, 4) is 22.6 Å². The molecule has 98 valence electrons. The summed E-state index contributed by atoms with van der Waals surface area (Å²) in [5.41, 5.74) is 2.20. The van der Waals surface area contributed by atoms with Gasteiger partial charge in [-0.3, -0.25) is 4.98 Å². The number of hydrogen-bond acceptors (Lipinski definition) is 2. The molecule has 3 rings (SSSR count). The third-order valence-corrected chi connectivity index (χ3v) is 3.52. The fraction of sp³-hybridized carbons (Fsp3) is 0. The molecular weight excluding hydrogens is 314 g/mol. The Labute approximate surface area is 126 Å². The van der Waals surface area contributed by atoms with Gasteiger partial charge in [-0.05, 0) is 27.6 Å². The van der Waals surface area contributed by atoms with Crippen molar-refractivity contribution < 1.29 is 4.74 Å². The Morgan fingerprint density at radius 1 is 0.800 bits per heavy atom. The molecule has 3 heteroatoms. The summed E-state index contributed by atoms with van der Waals surface area (Å²) in [6, 6.07) is 20.0. The molecule has 0 saturated heterocycles. The molecule has 0 atom stereocenters. The highest BCUT2D eigenvalue weighted by Crippen LogP contribution is 2.35. The van der Waals surface area contributed by atoms with Crippen LogP contribution >= 0.6 is 15.9 Å². The van der Waals surface area contributed by atoms with E-state index in [2.05, 4.69) is 39.1 Å². The SMILES string of the molecule is Brc1cnccc1Oc1ccccc1-c1ccccc1. The zero-order valence-corrected chi connectivity index (χ0v) is 12.2. The van der Waals surface area contributed by atoms with Gasteiger partial charge in [0.05, 0.1) is 4.47 Å². The second-order valence-corrected chi connectivity index (χ2v) is 5.12. The molecule has 1 heterocycles. The first-order valence-corrected chi connectivity index (χ1v) is 7.06. The molecule has 1 aromatic heterocycles. The minimum atomic E-state index is 0.753. The van der Waals surface area contributed by atoms with Crippen molar-refractivity contribution in [2.75, 3.05) is 0 Å². The number of rotatable bonds is 3. The van der Waals surface area contributed by atoms with E-state index in [9.17, 15) is 0 Å². The van der Waals surface area contributed by atoms with E-state index in [0.717, 1.165) is 27.1 Å². The summed E-state index contributed by atoms with van der Waals surface area (Å²) in [6.07, 6.45) is 3.44. The molecule has 3 aromatic rings. The number of benzene rings is 2. The standard InChI is InChI=1S/C17H12BrNO/c18-15-12-19-11-10-17(15)20-16-9-5-4-8-14(16)13-6-2-1-3-7-13/h1-12H. The van der Waals surface area contributed by atoms with Gasteiger partial charge in [0.1, 0.15) is 11.5 Å². The Hall–Kier alpha value is -2.13. The van der Waals surface area contributed by atoms with Crippen molar-refractivity contribution in [3.05, 3.63) is 77.5 Å². The number of aromatic nitrogens is 1. The van der Waals surface area contributed by atoms with E-state index in [-0.39, 0.29) is 0 Å². The Morgan fingerprint density at radius 2 is 1.55 bits per heavy atom. The maximum Gasteiger partial charge on any atom is 0.144 e. The molecule has 0 unspecified atom stereocenters. The fourth-order valence-corrected chi connectivity index (χ4v) is 2.31. The van der Waals surface area contributed by atoms with Gasteiger partial charge >= 0.3 is 0 Å². The average Bonchev–Trinajstić information content (AvgIpc) is 2.51. The van der Waals surface area contributed by atoms with Crippen molar-refractivity contribution in [2.24, 2.45) is 0 Å². The van der Waals surface area contributed by atoms with Crippen molar-refractivity contribution in [3.63, 3.8) is 0 Å². The summed E-state index contributed by atoms with van der Waals surface area (Å²) >= 11 is 3.45. The molecule has 0 amide bonds. The van der Waals surface area contributed by atoms with E-state index < -0.39 is 0 Å². The molecule has 2 aromatic carbocycles. The summed E-state index contributed by atoms with van der Waals surface area (Å²) in [5, 5.41) is 0. The molecule has 0 fully saturated rings. The number of nitrogens with zero attached hydrogens (tertiary/aromatic N) is 1. The normalized spacial score (nSPS) is 10.2. The second kappa shape index (κ2) is 5.88. The number of para-hydroxylation sites is 1. The smallest absolute Gasteiger partial charge is 0.144 e. The minimum absolute atomic E-state index is 0.753. The highest BCUT2D eigenvalue weighted by molar-refractivity contribution is 9.10. The maximum absolute atomic E-state index is 6.01. The highest BCUT2D eigenvalue weighted by atomic mass is 79.9. The highest BCUT2D eigenvalue weighted by Gasteiger charge is 2.08. The molecule has 0 N–H and O–H groups in total. The van der Waals surface area contributed by atoms with Crippen LogP contribution in [0.1, 0.15) is 0 Å². The Morgan fingerprint density at radius 3 is 2.35 bits per heavy atom. The monoisotopic (exact) mass is 325 g/mol. The van der Waals surface area contributed by atoms with Gasteiger partial charge in [0.15, 0.2) is 0 Å². The second-order valence-electron chi connectivity index (χ2n) is 4.27. The van der Waals surface area contributed by atoms with Crippen LogP contribution in [-0.2, 0) is 0 Å². The van der Waals surface area contributed by atoms with Crippen LogP contribution < -0.4 is 4.74 Å². The lowest BCUT2D eigenvalue weighted by Crippen LogP contribution is -1.89. The molecule has 20 heavy (non-hydrogen) atoms. The van der Waals surface area contributed by atoms with Crippen molar-refractivity contribution >= 4 is 15.9 Å². The summed E-state index contributed by atoms with van der Waals surface area (Å²) in [6.45, 7) is 0. The molecule has 0 bridgehead atoms. The van der Waals surface area contributed by atoms with Crippen LogP contribution in [0.15, 0.2) is 77.5 Å². The van der Waals surface area contributed by atoms with Gasteiger partial charge in [0, 0.05) is 24.0 Å². The zero-order chi connectivity index (χ0) is 13.8. The van der Waals surface area contributed by atoms with E-state index in [4.69, 9.17) is 4.74 Å².